The first-order valence-corrected chi connectivity index (χ1v) is 6.58. The number of rotatable bonds is 1. The van der Waals surface area contributed by atoms with Crippen molar-refractivity contribution in [1.29, 1.82) is 0 Å². The molecule has 0 radical (unpaired) electrons. The molecule has 0 saturated carbocycles. The van der Waals surface area contributed by atoms with E-state index in [4.69, 9.17) is 10.7 Å². The third kappa shape index (κ3) is 1.53. The van der Waals surface area contributed by atoms with E-state index in [1.807, 2.05) is 0 Å². The molecule has 0 N–H and O–H groups in total. The minimum Gasteiger partial charge on any atom is -0.212 e. The first kappa shape index (κ1) is 9.93. The summed E-state index contributed by atoms with van der Waals surface area (Å²) in [6.07, 6.45) is 0.820. The van der Waals surface area contributed by atoms with Gasteiger partial charge in [0.15, 0.2) is 0 Å². The first-order chi connectivity index (χ1) is 6.50. The van der Waals surface area contributed by atoms with Crippen LogP contribution in [-0.4, -0.2) is 8.42 Å². The summed E-state index contributed by atoms with van der Waals surface area (Å²) in [6.45, 7) is 0. The molecule has 2 nitrogen and oxygen atoms in total. The van der Waals surface area contributed by atoms with Crippen molar-refractivity contribution in [2.75, 3.05) is 0 Å². The lowest BCUT2D eigenvalue weighted by atomic mass is 10.1. The van der Waals surface area contributed by atoms with Crippen molar-refractivity contribution in [2.45, 2.75) is 18.1 Å². The van der Waals surface area contributed by atoms with Crippen molar-refractivity contribution >= 4 is 19.7 Å². The number of halogens is 2. The van der Waals surface area contributed by atoms with E-state index in [9.17, 15) is 12.8 Å². The summed E-state index contributed by atoms with van der Waals surface area (Å²) in [7, 11) is 1.64. The van der Waals surface area contributed by atoms with Crippen molar-refractivity contribution < 1.29 is 12.8 Å². The molecule has 1 aliphatic carbocycles. The highest BCUT2D eigenvalue weighted by molar-refractivity contribution is 8.13. The van der Waals surface area contributed by atoms with Crippen molar-refractivity contribution in [3.63, 3.8) is 0 Å². The number of fused-ring (bicyclic) bond motifs is 1. The van der Waals surface area contributed by atoms with E-state index in [0.29, 0.717) is 24.0 Å². The van der Waals surface area contributed by atoms with Crippen LogP contribution < -0.4 is 0 Å². The fraction of sp³-hybridized carbons (Fsp3) is 0.333. The van der Waals surface area contributed by atoms with Gasteiger partial charge in [-0.25, -0.2) is 12.8 Å². The van der Waals surface area contributed by atoms with Gasteiger partial charge in [-0.3, -0.25) is 0 Å². The summed E-state index contributed by atoms with van der Waals surface area (Å²) < 4.78 is 35.5. The summed E-state index contributed by atoms with van der Waals surface area (Å²) >= 11 is 0. The van der Waals surface area contributed by atoms with Gasteiger partial charge in [0.05, 0.1) is 0 Å². The summed E-state index contributed by atoms with van der Waals surface area (Å²) in [6, 6.07) is 4.46. The van der Waals surface area contributed by atoms with Gasteiger partial charge in [-0.1, -0.05) is 12.1 Å². The fourth-order valence-electron chi connectivity index (χ4n) is 1.86. The van der Waals surface area contributed by atoms with Crippen LogP contribution in [0, 0.1) is 5.82 Å². The van der Waals surface area contributed by atoms with Crippen molar-refractivity contribution in [1.82, 2.24) is 0 Å². The van der Waals surface area contributed by atoms with Gasteiger partial charge < -0.3 is 0 Å². The molecule has 1 unspecified atom stereocenters. The fourth-order valence-corrected chi connectivity index (χ4v) is 3.34. The maximum atomic E-state index is 13.2. The number of hydrogen-bond acceptors (Lipinski definition) is 2. The molecule has 76 valence electrons. The van der Waals surface area contributed by atoms with Crippen LogP contribution in [0.25, 0.3) is 0 Å². The Morgan fingerprint density at radius 1 is 1.43 bits per heavy atom. The largest absolute Gasteiger partial charge is 0.239 e. The lowest BCUT2D eigenvalue weighted by molar-refractivity contribution is 0.595. The molecule has 2 rings (SSSR count). The van der Waals surface area contributed by atoms with E-state index < -0.39 is 14.3 Å². The molecule has 1 aliphatic rings. The van der Waals surface area contributed by atoms with Crippen LogP contribution in [0.5, 0.6) is 0 Å². The van der Waals surface area contributed by atoms with Crippen molar-refractivity contribution in [2.24, 2.45) is 0 Å². The van der Waals surface area contributed by atoms with Gasteiger partial charge in [-0.15, -0.1) is 0 Å². The Morgan fingerprint density at radius 3 is 2.79 bits per heavy atom. The molecule has 0 saturated heterocycles. The highest BCUT2D eigenvalue weighted by Crippen LogP contribution is 2.39. The molecule has 1 aromatic carbocycles. The SMILES string of the molecule is O=S(=O)(Cl)C1CCc2c(F)cccc21. The van der Waals surface area contributed by atoms with E-state index in [2.05, 4.69) is 0 Å². The predicted molar refractivity (Wildman–Crippen MR) is 52.2 cm³/mol. The van der Waals surface area contributed by atoms with Gasteiger partial charge in [-0.2, -0.15) is 0 Å². The Morgan fingerprint density at radius 2 is 2.14 bits per heavy atom. The maximum absolute atomic E-state index is 13.2. The Bertz CT molecular complexity index is 470. The van der Waals surface area contributed by atoms with Crippen LogP contribution in [0.1, 0.15) is 22.8 Å². The van der Waals surface area contributed by atoms with E-state index in [0.717, 1.165) is 0 Å². The van der Waals surface area contributed by atoms with E-state index in [-0.39, 0.29) is 5.82 Å². The second-order valence-corrected chi connectivity index (χ2v) is 6.12. The standard InChI is InChI=1S/C9H8ClFO2S/c10-14(12,13)9-5-4-6-7(9)2-1-3-8(6)11/h1-3,9H,4-5H2. The summed E-state index contributed by atoms with van der Waals surface area (Å²) in [4.78, 5) is 0. The second-order valence-electron chi connectivity index (χ2n) is 3.31. The molecule has 1 atom stereocenters. The summed E-state index contributed by atoms with van der Waals surface area (Å²) in [5, 5.41) is -0.741. The lowest BCUT2D eigenvalue weighted by Gasteiger charge is -2.06. The predicted octanol–water partition coefficient (Wildman–Crippen LogP) is 2.38. The van der Waals surface area contributed by atoms with Crippen LogP contribution in [-0.2, 0) is 15.5 Å². The Labute approximate surface area is 86.1 Å². The number of benzene rings is 1. The molecule has 0 fully saturated rings. The smallest absolute Gasteiger partial charge is 0.212 e. The molecule has 0 bridgehead atoms. The van der Waals surface area contributed by atoms with Crippen LogP contribution in [0.15, 0.2) is 18.2 Å². The quantitative estimate of drug-likeness (QED) is 0.700. The molecule has 0 aliphatic heterocycles. The zero-order valence-electron chi connectivity index (χ0n) is 7.20. The minimum atomic E-state index is -3.63. The van der Waals surface area contributed by atoms with Crippen LogP contribution in [0.3, 0.4) is 0 Å². The highest BCUT2D eigenvalue weighted by atomic mass is 35.7. The molecule has 0 heterocycles. The van der Waals surface area contributed by atoms with Gasteiger partial charge in [-0.05, 0) is 30.0 Å². The van der Waals surface area contributed by atoms with Gasteiger partial charge in [0, 0.05) is 10.7 Å². The molecule has 0 aromatic heterocycles. The average Bonchev–Trinajstić information content (AvgIpc) is 2.47. The van der Waals surface area contributed by atoms with E-state index in [1.165, 1.54) is 12.1 Å². The molecule has 0 spiro atoms. The third-order valence-corrected chi connectivity index (χ3v) is 4.31. The Hall–Kier alpha value is -0.610. The van der Waals surface area contributed by atoms with Crippen molar-refractivity contribution in [3.8, 4) is 0 Å². The molecule has 1 aromatic rings. The zero-order valence-corrected chi connectivity index (χ0v) is 8.78. The third-order valence-electron chi connectivity index (χ3n) is 2.50. The monoisotopic (exact) mass is 234 g/mol. The zero-order chi connectivity index (χ0) is 10.3. The topological polar surface area (TPSA) is 34.1 Å². The van der Waals surface area contributed by atoms with Crippen molar-refractivity contribution in [3.05, 3.63) is 35.1 Å². The summed E-state index contributed by atoms with van der Waals surface area (Å²) in [5.41, 5.74) is 1.00. The van der Waals surface area contributed by atoms with E-state index >= 15 is 0 Å². The van der Waals surface area contributed by atoms with Crippen LogP contribution >= 0.6 is 10.7 Å². The highest BCUT2D eigenvalue weighted by Gasteiger charge is 2.33. The minimum absolute atomic E-state index is 0.342. The van der Waals surface area contributed by atoms with Gasteiger partial charge in [0.25, 0.3) is 0 Å². The normalized spacial score (nSPS) is 20.9. The van der Waals surface area contributed by atoms with Gasteiger partial charge in [0.1, 0.15) is 11.1 Å². The molecular weight excluding hydrogens is 227 g/mol. The molecule has 5 heteroatoms. The molecule has 14 heavy (non-hydrogen) atoms. The molecular formula is C9H8ClFO2S. The number of hydrogen-bond donors (Lipinski definition) is 0. The van der Waals surface area contributed by atoms with E-state index in [1.54, 1.807) is 6.07 Å². The van der Waals surface area contributed by atoms with Crippen LogP contribution in [0.4, 0.5) is 4.39 Å². The molecule has 0 amide bonds. The van der Waals surface area contributed by atoms with Gasteiger partial charge in [0.2, 0.25) is 9.05 Å². The summed E-state index contributed by atoms with van der Waals surface area (Å²) in [5.74, 6) is -0.342. The average molecular weight is 235 g/mol. The van der Waals surface area contributed by atoms with Gasteiger partial charge >= 0.3 is 0 Å². The Kier molecular flexibility index (Phi) is 2.27. The Balaban J connectivity index is 2.56. The first-order valence-electron chi connectivity index (χ1n) is 4.21. The maximum Gasteiger partial charge on any atom is 0.239 e. The van der Waals surface area contributed by atoms with Crippen LogP contribution in [0.2, 0.25) is 0 Å². The second kappa shape index (κ2) is 3.21. The lowest BCUT2D eigenvalue weighted by Crippen LogP contribution is -2.03.